The van der Waals surface area contributed by atoms with Crippen molar-refractivity contribution in [3.8, 4) is 22.8 Å². The standard InChI is InChI=1S/C54H56F2N4O11.C48H50F2N4O8/c1-31-49(69-32(2)61)50(70-33(3)62)51(71-34(4)63)52(68-31)60-46-26-38(56)20-22-42(46)44(28-40-18-12-24-59(40)54(65)67-30-36-15-9-6-10-16-36)48(60)47-43(41-21-19-37(55)25-45(41)57-47)27-39-17-11-23-58(39)53(64)66-29-35-13-7-5-8-14-35;1-28-43(55)44(56)45(57)46(62-28)54-40-23-32(50)17-19-36(40)38(25-34-15-9-21-53(34)48(59)61-27-30-12-6-3-7-13-30)42(54)41-37(35-18-16-31(49)22-39(35)51-41)24-33-14-8-20-52(33)47(58)60-26-29-10-4-2-5-11-29/h5-10,13-16,19-22,25-26,31,39-40,49-52,57H,11-12,17-18,23-24,27-30H2,1-4H3;2-7,10-13,16-19,22-23,28,33-34,43-46,51,55-57H,8-9,14-15,20-21,24-27H2,1H3/t31-,39?,40-,49+,50+,51-,52-;28-,33?,34-,43+,44+,45-,46-/m00/s1. The summed E-state index contributed by atoms with van der Waals surface area (Å²) in [5.41, 5.74) is 9.51. The molecule has 0 radical (unpaired) electrons. The van der Waals surface area contributed by atoms with Gasteiger partial charge in [0.1, 0.15) is 68.0 Å². The van der Waals surface area contributed by atoms with Crippen molar-refractivity contribution < 1.29 is 109 Å². The lowest BCUT2D eigenvalue weighted by molar-refractivity contribution is -0.258. The van der Waals surface area contributed by atoms with Gasteiger partial charge in [0.2, 0.25) is 0 Å². The number of nitrogens with one attached hydrogen (secondary N) is 2. The van der Waals surface area contributed by atoms with Gasteiger partial charge in [-0.1, -0.05) is 121 Å². The normalized spacial score (nSPS) is 23.0. The van der Waals surface area contributed by atoms with Crippen molar-refractivity contribution in [3.05, 3.63) is 262 Å². The number of aromatic amines is 2. The Morgan fingerprint density at radius 3 is 1.02 bits per heavy atom. The molecule has 18 rings (SSSR count). The molecule has 10 heterocycles. The average Bonchev–Trinajstić information content (AvgIpc) is 1.57. The number of aliphatic hydroxyl groups excluding tert-OH is 3. The number of fused-ring (bicyclic) bond motifs is 4. The number of carbonyl (C=O) groups excluding carboxylic acids is 7. The van der Waals surface area contributed by atoms with Crippen LogP contribution in [-0.2, 0) is 109 Å². The third kappa shape index (κ3) is 19.8. The lowest BCUT2D eigenvalue weighted by atomic mass is 9.94. The van der Waals surface area contributed by atoms with Gasteiger partial charge < -0.3 is 96.7 Å². The minimum atomic E-state index is -1.66. The van der Waals surface area contributed by atoms with Crippen LogP contribution in [0.1, 0.15) is 143 Å². The minimum Gasteiger partial charge on any atom is -0.456 e. The number of H-pyrrole nitrogens is 2. The van der Waals surface area contributed by atoms with Gasteiger partial charge >= 0.3 is 42.3 Å². The Morgan fingerprint density at radius 2 is 0.669 bits per heavy atom. The molecule has 0 saturated carbocycles. The second kappa shape index (κ2) is 40.2. The summed E-state index contributed by atoms with van der Waals surface area (Å²) in [6, 6.07) is 53.6. The molecular formula is C102H106F4N8O19. The van der Waals surface area contributed by atoms with E-state index in [4.69, 9.17) is 42.6 Å². The molecule has 6 saturated heterocycles. The Morgan fingerprint density at radius 1 is 0.361 bits per heavy atom. The number of hydrogen-bond acceptors (Lipinski definition) is 19. The zero-order chi connectivity index (χ0) is 93.0. The van der Waals surface area contributed by atoms with E-state index < -0.39 is 133 Å². The fraction of sp³-hybridized carbons (Fsp3) is 0.382. The smallest absolute Gasteiger partial charge is 0.410 e. The van der Waals surface area contributed by atoms with Gasteiger partial charge in [-0.05, 0) is 208 Å². The number of benzene rings is 8. The Labute approximate surface area is 764 Å². The molecule has 2 unspecified atom stereocenters. The first-order valence-corrected chi connectivity index (χ1v) is 45.3. The number of likely N-dealkylation sites (tertiary alicyclic amines) is 4. The Balaban J connectivity index is 0.000000187. The predicted molar refractivity (Wildman–Crippen MR) is 482 cm³/mol. The summed E-state index contributed by atoms with van der Waals surface area (Å²) < 4.78 is 119. The summed E-state index contributed by atoms with van der Waals surface area (Å²) in [7, 11) is 0. The highest BCUT2D eigenvalue weighted by atomic mass is 19.1. The largest absolute Gasteiger partial charge is 0.456 e. The topological polar surface area (TPSA) is 318 Å². The van der Waals surface area contributed by atoms with Crippen LogP contribution < -0.4 is 0 Å². The van der Waals surface area contributed by atoms with Gasteiger partial charge in [0.15, 0.2) is 30.8 Å². The first kappa shape index (κ1) is 91.8. The van der Waals surface area contributed by atoms with Crippen molar-refractivity contribution in [1.82, 2.24) is 38.7 Å². The van der Waals surface area contributed by atoms with Crippen molar-refractivity contribution in [1.29, 1.82) is 0 Å². The van der Waals surface area contributed by atoms with Crippen LogP contribution in [0, 0.1) is 23.3 Å². The number of amides is 4. The Bertz CT molecular complexity index is 6260. The molecular weight excluding hydrogens is 1720 g/mol. The minimum absolute atomic E-state index is 0.0618. The first-order valence-electron chi connectivity index (χ1n) is 45.3. The van der Waals surface area contributed by atoms with E-state index in [2.05, 4.69) is 9.97 Å². The average molecular weight is 1820 g/mol. The maximum atomic E-state index is 16.0. The lowest BCUT2D eigenvalue weighted by Crippen LogP contribution is -2.58. The zero-order valence-corrected chi connectivity index (χ0v) is 74.3. The molecule has 696 valence electrons. The molecule has 0 spiro atoms. The van der Waals surface area contributed by atoms with Gasteiger partial charge in [0, 0.05) is 104 Å². The second-order valence-corrected chi connectivity index (χ2v) is 35.1. The molecule has 4 amide bonds. The van der Waals surface area contributed by atoms with Gasteiger partial charge in [-0.25, -0.2) is 36.7 Å². The maximum absolute atomic E-state index is 16.0. The summed E-state index contributed by atoms with van der Waals surface area (Å²) in [5.74, 6) is -4.40. The highest BCUT2D eigenvalue weighted by molar-refractivity contribution is 5.99. The van der Waals surface area contributed by atoms with Gasteiger partial charge in [-0.15, -0.1) is 0 Å². The van der Waals surface area contributed by atoms with Crippen LogP contribution in [0.2, 0.25) is 0 Å². The van der Waals surface area contributed by atoms with Crippen LogP contribution in [0.4, 0.5) is 36.7 Å². The summed E-state index contributed by atoms with van der Waals surface area (Å²) in [4.78, 5) is 108. The highest BCUT2D eigenvalue weighted by Gasteiger charge is 2.53. The summed E-state index contributed by atoms with van der Waals surface area (Å²) >= 11 is 0. The van der Waals surface area contributed by atoms with Gasteiger partial charge in [0.05, 0.1) is 46.0 Å². The molecule has 5 N–H and O–H groups in total. The molecule has 27 nitrogen and oxygen atoms in total. The first-order chi connectivity index (χ1) is 64.3. The van der Waals surface area contributed by atoms with Crippen LogP contribution in [-0.4, -0.2) is 195 Å². The number of carbonyl (C=O) groups is 7. The molecule has 12 aromatic rings. The molecule has 14 atom stereocenters. The third-order valence-electron chi connectivity index (χ3n) is 26.4. The molecule has 0 bridgehead atoms. The van der Waals surface area contributed by atoms with Crippen LogP contribution in [0.3, 0.4) is 0 Å². The number of aromatic nitrogens is 4. The number of rotatable bonds is 23. The van der Waals surface area contributed by atoms with Crippen molar-refractivity contribution >= 4 is 85.9 Å². The number of hydrogen-bond donors (Lipinski definition) is 5. The number of aliphatic hydroxyl groups is 3. The SMILES string of the molecule is CC(=O)O[C@@H]1[C@H](OC(C)=O)[C@H](C)O[C@H](n2c(-c3[nH]c4cc(F)ccc4c3CC3CCCN3C(=O)OCc3ccccc3)c(C[C@@H]3CCCN3C(=O)OCc3ccccc3)c3ccc(F)cc32)[C@H]1OC(C)=O.C[C@@H]1O[C@H](n2c(-c3[nH]c4cc(F)ccc4c3CC3CCCN3C(=O)OCc3ccccc3)c(C[C@@H]3CCCN3C(=O)OCc3ccccc3)c3ccc(F)cc32)[C@@H](O)[C@H](O)[C@@H]1O. The van der Waals surface area contributed by atoms with Gasteiger partial charge in [-0.2, -0.15) is 0 Å². The number of esters is 3. The van der Waals surface area contributed by atoms with E-state index in [0.29, 0.717) is 155 Å². The molecule has 4 aromatic heterocycles. The quantitative estimate of drug-likeness (QED) is 0.0226. The Kier molecular flexibility index (Phi) is 27.7. The van der Waals surface area contributed by atoms with E-state index >= 15 is 17.6 Å². The monoisotopic (exact) mass is 1820 g/mol. The van der Waals surface area contributed by atoms with Crippen molar-refractivity contribution in [2.24, 2.45) is 0 Å². The molecule has 0 aliphatic carbocycles. The van der Waals surface area contributed by atoms with Gasteiger partial charge in [-0.3, -0.25) is 14.4 Å². The summed E-state index contributed by atoms with van der Waals surface area (Å²) in [6.45, 7) is 8.88. The number of ether oxygens (including phenoxy) is 9. The fourth-order valence-electron chi connectivity index (χ4n) is 20.2. The van der Waals surface area contributed by atoms with E-state index in [-0.39, 0.29) is 69.3 Å². The van der Waals surface area contributed by atoms with E-state index in [1.165, 1.54) is 69.3 Å². The lowest BCUT2D eigenvalue weighted by Gasteiger charge is -2.44. The predicted octanol–water partition coefficient (Wildman–Crippen LogP) is 17.2. The fourth-order valence-corrected chi connectivity index (χ4v) is 20.2. The van der Waals surface area contributed by atoms with Crippen molar-refractivity contribution in [2.75, 3.05) is 26.2 Å². The van der Waals surface area contributed by atoms with Crippen LogP contribution >= 0.6 is 0 Å². The van der Waals surface area contributed by atoms with Crippen molar-refractivity contribution in [3.63, 3.8) is 0 Å². The molecule has 31 heteroatoms. The van der Waals surface area contributed by atoms with E-state index in [9.17, 15) is 48.9 Å². The number of halogens is 4. The van der Waals surface area contributed by atoms with Gasteiger partial charge in [0.25, 0.3) is 0 Å². The molecule has 6 fully saturated rings. The van der Waals surface area contributed by atoms with Crippen LogP contribution in [0.25, 0.3) is 66.4 Å². The molecule has 8 aromatic carbocycles. The van der Waals surface area contributed by atoms with Crippen LogP contribution in [0.15, 0.2) is 194 Å². The second-order valence-electron chi connectivity index (χ2n) is 35.1. The molecule has 133 heavy (non-hydrogen) atoms. The third-order valence-corrected chi connectivity index (χ3v) is 26.4. The van der Waals surface area contributed by atoms with Crippen LogP contribution in [0.5, 0.6) is 0 Å². The maximum Gasteiger partial charge on any atom is 0.410 e. The van der Waals surface area contributed by atoms with Crippen molar-refractivity contribution in [2.45, 2.75) is 224 Å². The number of nitrogens with zero attached hydrogens (tertiary/aromatic N) is 6. The summed E-state index contributed by atoms with van der Waals surface area (Å²) in [5, 5.41) is 36.2. The summed E-state index contributed by atoms with van der Waals surface area (Å²) in [6.07, 6.45) is -8.95. The Hall–Kier alpha value is -13.1. The highest BCUT2D eigenvalue weighted by Crippen LogP contribution is 2.50. The molecule has 6 aliphatic heterocycles. The zero-order valence-electron chi connectivity index (χ0n) is 74.3. The van der Waals surface area contributed by atoms with E-state index in [1.807, 2.05) is 121 Å². The van der Waals surface area contributed by atoms with E-state index in [0.717, 1.165) is 34.2 Å². The van der Waals surface area contributed by atoms with E-state index in [1.54, 1.807) is 66.8 Å². The molecule has 6 aliphatic rings.